The number of hydrogen-bond donors (Lipinski definition) is 3. The van der Waals surface area contributed by atoms with Crippen LogP contribution in [0.4, 0.5) is 10.5 Å². The second-order valence-corrected chi connectivity index (χ2v) is 6.41. The summed E-state index contributed by atoms with van der Waals surface area (Å²) in [5.74, 6) is -0.406. The highest BCUT2D eigenvalue weighted by atomic mass is 35.5. The number of amides is 3. The Kier molecular flexibility index (Phi) is 6.56. The number of nitrogens with one attached hydrogen (secondary N) is 3. The van der Waals surface area contributed by atoms with Gasteiger partial charge in [0.15, 0.2) is 0 Å². The zero-order valence-electron chi connectivity index (χ0n) is 14.5. The molecule has 3 N–H and O–H groups in total. The molecule has 0 radical (unpaired) electrons. The van der Waals surface area contributed by atoms with Gasteiger partial charge in [-0.1, -0.05) is 41.4 Å². The number of rotatable bonds is 5. The topological polar surface area (TPSA) is 70.2 Å². The number of carbonyl (C=O) groups is 2. The highest BCUT2D eigenvalue weighted by Crippen LogP contribution is 2.17. The van der Waals surface area contributed by atoms with Gasteiger partial charge in [0.1, 0.15) is 0 Å². The van der Waals surface area contributed by atoms with Gasteiger partial charge in [-0.3, -0.25) is 10.1 Å². The van der Waals surface area contributed by atoms with Gasteiger partial charge >= 0.3 is 6.03 Å². The van der Waals surface area contributed by atoms with Crippen LogP contribution in [0.1, 0.15) is 29.7 Å². The maximum absolute atomic E-state index is 11.9. The van der Waals surface area contributed by atoms with E-state index < -0.39 is 11.9 Å². The summed E-state index contributed by atoms with van der Waals surface area (Å²) in [5, 5.41) is 8.70. The number of benzene rings is 2. The molecule has 0 unspecified atom stereocenters. The minimum atomic E-state index is -0.547. The van der Waals surface area contributed by atoms with E-state index >= 15 is 0 Å². The Morgan fingerprint density at radius 2 is 1.88 bits per heavy atom. The molecule has 0 fully saturated rings. The maximum atomic E-state index is 11.9. The van der Waals surface area contributed by atoms with Gasteiger partial charge in [0, 0.05) is 16.8 Å². The van der Waals surface area contributed by atoms with Crippen molar-refractivity contribution in [2.24, 2.45) is 0 Å². The minimum Gasteiger partial charge on any atom is -0.307 e. The van der Waals surface area contributed by atoms with E-state index in [1.165, 1.54) is 0 Å². The predicted molar refractivity (Wildman–Crippen MR) is 101 cm³/mol. The van der Waals surface area contributed by atoms with E-state index in [1.54, 1.807) is 6.07 Å². The number of halogens is 1. The molecule has 132 valence electrons. The molecule has 2 aromatic carbocycles. The first-order valence-electron chi connectivity index (χ1n) is 8.02. The van der Waals surface area contributed by atoms with E-state index in [9.17, 15) is 9.59 Å². The van der Waals surface area contributed by atoms with Crippen LogP contribution in [0, 0.1) is 13.8 Å². The zero-order valence-corrected chi connectivity index (χ0v) is 15.3. The Labute approximate surface area is 152 Å². The van der Waals surface area contributed by atoms with Crippen LogP contribution in [0.5, 0.6) is 0 Å². The van der Waals surface area contributed by atoms with Crippen molar-refractivity contribution in [3.63, 3.8) is 0 Å². The van der Waals surface area contributed by atoms with Crippen molar-refractivity contribution in [3.8, 4) is 0 Å². The first-order valence-corrected chi connectivity index (χ1v) is 8.40. The van der Waals surface area contributed by atoms with E-state index in [-0.39, 0.29) is 12.6 Å². The lowest BCUT2D eigenvalue weighted by atomic mass is 10.1. The van der Waals surface area contributed by atoms with Crippen molar-refractivity contribution in [1.29, 1.82) is 0 Å². The minimum absolute atomic E-state index is 0.0218. The van der Waals surface area contributed by atoms with Crippen LogP contribution in [-0.4, -0.2) is 18.5 Å². The Balaban J connectivity index is 1.82. The summed E-state index contributed by atoms with van der Waals surface area (Å²) in [4.78, 5) is 23.9. The predicted octanol–water partition coefficient (Wildman–Crippen LogP) is 3.96. The number of aryl methyl sites for hydroxylation is 2. The molecule has 0 heterocycles. The largest absolute Gasteiger partial charge is 0.325 e. The molecular formula is C19H22ClN3O2. The normalized spacial score (nSPS) is 11.7. The maximum Gasteiger partial charge on any atom is 0.325 e. The monoisotopic (exact) mass is 359 g/mol. The molecule has 1 atom stereocenters. The third-order valence-electron chi connectivity index (χ3n) is 3.80. The molecule has 0 saturated carbocycles. The molecule has 2 rings (SSSR count). The van der Waals surface area contributed by atoms with Crippen molar-refractivity contribution < 1.29 is 9.59 Å². The van der Waals surface area contributed by atoms with E-state index in [1.807, 2.05) is 57.2 Å². The average Bonchev–Trinajstić information content (AvgIpc) is 2.55. The van der Waals surface area contributed by atoms with Gasteiger partial charge in [0.05, 0.1) is 6.54 Å². The second-order valence-electron chi connectivity index (χ2n) is 5.98. The number of imide groups is 1. The molecule has 0 aliphatic heterocycles. The summed E-state index contributed by atoms with van der Waals surface area (Å²) in [6.45, 7) is 5.83. The summed E-state index contributed by atoms with van der Waals surface area (Å²) in [6, 6.07) is 12.5. The van der Waals surface area contributed by atoms with Crippen molar-refractivity contribution in [1.82, 2.24) is 10.6 Å². The molecule has 0 aliphatic rings. The van der Waals surface area contributed by atoms with Crippen molar-refractivity contribution >= 4 is 29.2 Å². The summed E-state index contributed by atoms with van der Waals surface area (Å²) in [7, 11) is 0. The first-order chi connectivity index (χ1) is 11.8. The van der Waals surface area contributed by atoms with Gasteiger partial charge < -0.3 is 10.6 Å². The Morgan fingerprint density at radius 1 is 1.12 bits per heavy atom. The van der Waals surface area contributed by atoms with Crippen LogP contribution in [-0.2, 0) is 4.79 Å². The van der Waals surface area contributed by atoms with Gasteiger partial charge in [0.2, 0.25) is 5.91 Å². The lowest BCUT2D eigenvalue weighted by molar-refractivity contribution is -0.119. The molecule has 0 aromatic heterocycles. The molecule has 0 aliphatic carbocycles. The molecular weight excluding hydrogens is 338 g/mol. The molecule has 3 amide bonds. The van der Waals surface area contributed by atoms with Gasteiger partial charge in [-0.05, 0) is 50.1 Å². The van der Waals surface area contributed by atoms with E-state index in [4.69, 9.17) is 11.6 Å². The Bertz CT molecular complexity index is 777. The number of anilines is 1. The summed E-state index contributed by atoms with van der Waals surface area (Å²) in [5.41, 5.74) is 3.70. The van der Waals surface area contributed by atoms with Crippen LogP contribution in [0.15, 0.2) is 42.5 Å². The van der Waals surface area contributed by atoms with Crippen LogP contribution in [0.3, 0.4) is 0 Å². The fraction of sp³-hybridized carbons (Fsp3) is 0.263. The van der Waals surface area contributed by atoms with E-state index in [0.29, 0.717) is 10.7 Å². The third kappa shape index (κ3) is 5.89. The molecule has 5 nitrogen and oxygen atoms in total. The summed E-state index contributed by atoms with van der Waals surface area (Å²) in [6.07, 6.45) is 0. The highest BCUT2D eigenvalue weighted by Gasteiger charge is 2.11. The number of carbonyl (C=O) groups excluding carboxylic acids is 2. The standard InChI is InChI=1S/C19H22ClN3O2/c1-12-7-8-17(13(2)9-12)22-19(25)23-18(24)11-21-14(3)15-5-4-6-16(20)10-15/h4-10,14,21H,11H2,1-3H3,(H2,22,23,24,25)/t14-/m0/s1. The molecule has 25 heavy (non-hydrogen) atoms. The van der Waals surface area contributed by atoms with Gasteiger partial charge in [-0.25, -0.2) is 4.79 Å². The molecule has 0 spiro atoms. The van der Waals surface area contributed by atoms with Gasteiger partial charge in [-0.2, -0.15) is 0 Å². The molecule has 6 heteroatoms. The first kappa shape index (κ1) is 19.0. The zero-order chi connectivity index (χ0) is 18.4. The molecule has 0 bridgehead atoms. The van der Waals surface area contributed by atoms with E-state index in [2.05, 4.69) is 16.0 Å². The fourth-order valence-corrected chi connectivity index (χ4v) is 2.62. The molecule has 0 saturated heterocycles. The van der Waals surface area contributed by atoms with Crippen LogP contribution in [0.2, 0.25) is 5.02 Å². The smallest absolute Gasteiger partial charge is 0.307 e. The summed E-state index contributed by atoms with van der Waals surface area (Å²) < 4.78 is 0. The lowest BCUT2D eigenvalue weighted by Gasteiger charge is -2.14. The van der Waals surface area contributed by atoms with Crippen LogP contribution < -0.4 is 16.0 Å². The van der Waals surface area contributed by atoms with Gasteiger partial charge in [0.25, 0.3) is 0 Å². The quantitative estimate of drug-likeness (QED) is 0.756. The SMILES string of the molecule is Cc1ccc(NC(=O)NC(=O)CN[C@@H](C)c2cccc(Cl)c2)c(C)c1. The lowest BCUT2D eigenvalue weighted by Crippen LogP contribution is -2.40. The van der Waals surface area contributed by atoms with Crippen molar-refractivity contribution in [2.45, 2.75) is 26.8 Å². The van der Waals surface area contributed by atoms with E-state index in [0.717, 1.165) is 16.7 Å². The van der Waals surface area contributed by atoms with Crippen molar-refractivity contribution in [2.75, 3.05) is 11.9 Å². The number of urea groups is 1. The highest BCUT2D eigenvalue weighted by molar-refractivity contribution is 6.30. The third-order valence-corrected chi connectivity index (χ3v) is 4.04. The summed E-state index contributed by atoms with van der Waals surface area (Å²) >= 11 is 5.96. The number of hydrogen-bond acceptors (Lipinski definition) is 3. The van der Waals surface area contributed by atoms with Crippen molar-refractivity contribution in [3.05, 3.63) is 64.2 Å². The Hall–Kier alpha value is -2.37. The van der Waals surface area contributed by atoms with Gasteiger partial charge in [-0.15, -0.1) is 0 Å². The second kappa shape index (κ2) is 8.65. The average molecular weight is 360 g/mol. The van der Waals surface area contributed by atoms with Crippen LogP contribution in [0.25, 0.3) is 0 Å². The Morgan fingerprint density at radius 3 is 2.56 bits per heavy atom. The fourth-order valence-electron chi connectivity index (χ4n) is 2.42. The molecule has 2 aromatic rings. The van der Waals surface area contributed by atoms with Crippen LogP contribution >= 0.6 is 11.6 Å².